The van der Waals surface area contributed by atoms with Crippen molar-refractivity contribution < 1.29 is 4.79 Å². The van der Waals surface area contributed by atoms with Crippen molar-refractivity contribution in [1.82, 2.24) is 14.3 Å². The Kier molecular flexibility index (Phi) is 5.34. The van der Waals surface area contributed by atoms with E-state index >= 15 is 0 Å². The Hall–Kier alpha value is -3.32. The number of hydrogen-bond acceptors (Lipinski definition) is 6. The Morgan fingerprint density at radius 2 is 1.84 bits per heavy atom. The molecule has 0 fully saturated rings. The molecule has 0 aliphatic heterocycles. The van der Waals surface area contributed by atoms with Crippen molar-refractivity contribution in [3.63, 3.8) is 0 Å². The minimum absolute atomic E-state index is 0.428. The molecule has 1 aliphatic carbocycles. The summed E-state index contributed by atoms with van der Waals surface area (Å²) in [6.07, 6.45) is 5.43. The SMILES string of the molecule is NC(=O)c1cccc2c(-c3nc4c(c(NCc5ccccc5)n3)CCCCC4)snc12. The highest BCUT2D eigenvalue weighted by atomic mass is 32.1. The van der Waals surface area contributed by atoms with Crippen molar-refractivity contribution in [2.24, 2.45) is 5.73 Å². The number of nitrogens with two attached hydrogens (primary N) is 1. The third-order valence-electron chi connectivity index (χ3n) is 5.71. The molecule has 2 aromatic heterocycles. The van der Waals surface area contributed by atoms with Gasteiger partial charge in [-0.1, -0.05) is 48.9 Å². The number of fused-ring (bicyclic) bond motifs is 2. The predicted molar refractivity (Wildman–Crippen MR) is 124 cm³/mol. The highest BCUT2D eigenvalue weighted by Gasteiger charge is 2.21. The van der Waals surface area contributed by atoms with E-state index in [1.54, 1.807) is 6.07 Å². The zero-order valence-corrected chi connectivity index (χ0v) is 17.9. The third kappa shape index (κ3) is 3.88. The van der Waals surface area contributed by atoms with Gasteiger partial charge in [0.25, 0.3) is 5.91 Å². The van der Waals surface area contributed by atoms with Crippen LogP contribution in [0.3, 0.4) is 0 Å². The zero-order valence-electron chi connectivity index (χ0n) is 17.1. The molecule has 4 aromatic rings. The molecule has 5 rings (SSSR count). The van der Waals surface area contributed by atoms with Crippen LogP contribution in [0.15, 0.2) is 48.5 Å². The number of benzene rings is 2. The number of nitrogens with one attached hydrogen (secondary N) is 1. The van der Waals surface area contributed by atoms with Crippen LogP contribution in [0.4, 0.5) is 5.82 Å². The summed E-state index contributed by atoms with van der Waals surface area (Å²) in [4.78, 5) is 22.6. The average molecular weight is 430 g/mol. The van der Waals surface area contributed by atoms with Gasteiger partial charge in [0.1, 0.15) is 10.7 Å². The fraction of sp³-hybridized carbons (Fsp3) is 0.250. The number of carbonyl (C=O) groups is 1. The van der Waals surface area contributed by atoms with E-state index in [1.807, 2.05) is 30.3 Å². The summed E-state index contributed by atoms with van der Waals surface area (Å²) in [6, 6.07) is 15.8. The van der Waals surface area contributed by atoms with Crippen LogP contribution in [0, 0.1) is 0 Å². The van der Waals surface area contributed by atoms with E-state index in [0.717, 1.165) is 47.5 Å². The van der Waals surface area contributed by atoms with Gasteiger partial charge in [-0.15, -0.1) is 0 Å². The number of aromatic nitrogens is 3. The lowest BCUT2D eigenvalue weighted by Gasteiger charge is -2.15. The van der Waals surface area contributed by atoms with Gasteiger partial charge in [-0.05, 0) is 48.8 Å². The molecule has 0 atom stereocenters. The van der Waals surface area contributed by atoms with Crippen molar-refractivity contribution in [3.8, 4) is 10.7 Å². The van der Waals surface area contributed by atoms with Gasteiger partial charge in [-0.25, -0.2) is 9.97 Å². The Balaban J connectivity index is 1.59. The summed E-state index contributed by atoms with van der Waals surface area (Å²) in [5, 5.41) is 4.42. The number of primary amides is 1. The van der Waals surface area contributed by atoms with Crippen molar-refractivity contribution in [2.75, 3.05) is 5.32 Å². The van der Waals surface area contributed by atoms with E-state index in [-0.39, 0.29) is 0 Å². The summed E-state index contributed by atoms with van der Waals surface area (Å²) < 4.78 is 4.51. The summed E-state index contributed by atoms with van der Waals surface area (Å²) in [6.45, 7) is 0.707. The first kappa shape index (κ1) is 19.6. The maximum atomic E-state index is 11.8. The molecule has 0 saturated heterocycles. The van der Waals surface area contributed by atoms with Crippen LogP contribution >= 0.6 is 11.5 Å². The van der Waals surface area contributed by atoms with Crippen molar-refractivity contribution in [3.05, 3.63) is 70.9 Å². The van der Waals surface area contributed by atoms with E-state index in [1.165, 1.54) is 29.1 Å². The zero-order chi connectivity index (χ0) is 21.2. The highest BCUT2D eigenvalue weighted by molar-refractivity contribution is 7.11. The van der Waals surface area contributed by atoms with Crippen LogP contribution < -0.4 is 11.1 Å². The molecule has 0 spiro atoms. The number of rotatable bonds is 5. The Labute approximate surface area is 184 Å². The Bertz CT molecular complexity index is 1250. The fourth-order valence-electron chi connectivity index (χ4n) is 4.13. The lowest BCUT2D eigenvalue weighted by Crippen LogP contribution is -2.11. The second-order valence-corrected chi connectivity index (χ2v) is 8.57. The first-order chi connectivity index (χ1) is 15.2. The number of aryl methyl sites for hydroxylation is 1. The van der Waals surface area contributed by atoms with Gasteiger partial charge >= 0.3 is 0 Å². The van der Waals surface area contributed by atoms with E-state index < -0.39 is 5.91 Å². The van der Waals surface area contributed by atoms with Gasteiger partial charge in [0.15, 0.2) is 5.82 Å². The number of anilines is 1. The van der Waals surface area contributed by atoms with Gasteiger partial charge < -0.3 is 11.1 Å². The van der Waals surface area contributed by atoms with Crippen LogP contribution in [0.2, 0.25) is 0 Å². The second-order valence-electron chi connectivity index (χ2n) is 7.80. The molecule has 156 valence electrons. The smallest absolute Gasteiger partial charge is 0.250 e. The lowest BCUT2D eigenvalue weighted by atomic mass is 10.1. The first-order valence-corrected chi connectivity index (χ1v) is 11.3. The van der Waals surface area contributed by atoms with Crippen LogP contribution in [0.25, 0.3) is 21.6 Å². The lowest BCUT2D eigenvalue weighted by molar-refractivity contribution is 0.100. The maximum Gasteiger partial charge on any atom is 0.250 e. The second kappa shape index (κ2) is 8.43. The fourth-order valence-corrected chi connectivity index (χ4v) is 4.94. The average Bonchev–Trinajstić information content (AvgIpc) is 3.08. The Morgan fingerprint density at radius 3 is 2.68 bits per heavy atom. The van der Waals surface area contributed by atoms with Gasteiger partial charge in [0.05, 0.1) is 11.1 Å². The topological polar surface area (TPSA) is 93.8 Å². The molecule has 0 radical (unpaired) electrons. The summed E-state index contributed by atoms with van der Waals surface area (Å²) >= 11 is 1.32. The summed E-state index contributed by atoms with van der Waals surface area (Å²) in [5.74, 6) is 1.08. The minimum Gasteiger partial charge on any atom is -0.366 e. The quantitative estimate of drug-likeness (QED) is 0.447. The number of amides is 1. The predicted octanol–water partition coefficient (Wildman–Crippen LogP) is 4.73. The summed E-state index contributed by atoms with van der Waals surface area (Å²) in [5.41, 5.74) is 10.1. The molecule has 2 aromatic carbocycles. The highest BCUT2D eigenvalue weighted by Crippen LogP contribution is 2.35. The first-order valence-electron chi connectivity index (χ1n) is 10.6. The molecule has 7 heteroatoms. The standard InChI is InChI=1S/C24H23N5OS/c25-22(30)18-12-7-11-17-20(18)29-31-21(17)24-27-19-13-6-2-5-10-16(19)23(28-24)26-14-15-8-3-1-4-9-15/h1,3-4,7-9,11-12H,2,5-6,10,13-14H2,(H2,25,30)(H,26,27,28). The molecule has 0 bridgehead atoms. The molecule has 0 unspecified atom stereocenters. The molecule has 3 N–H and O–H groups in total. The van der Waals surface area contributed by atoms with Crippen molar-refractivity contribution >= 4 is 34.2 Å². The van der Waals surface area contributed by atoms with E-state index in [0.29, 0.717) is 23.4 Å². The summed E-state index contributed by atoms with van der Waals surface area (Å²) in [7, 11) is 0. The van der Waals surface area contributed by atoms with Gasteiger partial charge in [-0.2, -0.15) is 4.37 Å². The molecule has 2 heterocycles. The molecule has 6 nitrogen and oxygen atoms in total. The Morgan fingerprint density at radius 1 is 1.00 bits per heavy atom. The monoisotopic (exact) mass is 429 g/mol. The maximum absolute atomic E-state index is 11.8. The molecule has 1 aliphatic rings. The molecular formula is C24H23N5OS. The number of nitrogens with zero attached hydrogens (tertiary/aromatic N) is 3. The molecule has 1 amide bonds. The van der Waals surface area contributed by atoms with Gasteiger partial charge in [-0.3, -0.25) is 4.79 Å². The normalized spacial score (nSPS) is 13.5. The van der Waals surface area contributed by atoms with Crippen LogP contribution in [-0.2, 0) is 19.4 Å². The van der Waals surface area contributed by atoms with E-state index in [2.05, 4.69) is 21.8 Å². The van der Waals surface area contributed by atoms with Crippen LogP contribution in [-0.4, -0.2) is 20.2 Å². The number of hydrogen-bond donors (Lipinski definition) is 2. The van der Waals surface area contributed by atoms with E-state index in [9.17, 15) is 4.79 Å². The van der Waals surface area contributed by atoms with Crippen LogP contribution in [0.5, 0.6) is 0 Å². The molecule has 0 saturated carbocycles. The third-order valence-corrected chi connectivity index (χ3v) is 6.57. The van der Waals surface area contributed by atoms with Crippen LogP contribution in [0.1, 0.15) is 46.4 Å². The molecular weight excluding hydrogens is 406 g/mol. The van der Waals surface area contributed by atoms with Crippen molar-refractivity contribution in [2.45, 2.75) is 38.6 Å². The molecule has 31 heavy (non-hydrogen) atoms. The number of carbonyl (C=O) groups excluding carboxylic acids is 1. The minimum atomic E-state index is -0.476. The van der Waals surface area contributed by atoms with Crippen molar-refractivity contribution in [1.29, 1.82) is 0 Å². The van der Waals surface area contributed by atoms with E-state index in [4.69, 9.17) is 15.7 Å². The largest absolute Gasteiger partial charge is 0.366 e. The van der Waals surface area contributed by atoms with Gasteiger partial charge in [0.2, 0.25) is 0 Å². The van der Waals surface area contributed by atoms with Gasteiger partial charge in [0, 0.05) is 23.2 Å².